The van der Waals surface area contributed by atoms with Crippen molar-refractivity contribution in [1.29, 1.82) is 0 Å². The van der Waals surface area contributed by atoms with Gasteiger partial charge in [-0.05, 0) is 42.1 Å². The quantitative estimate of drug-likeness (QED) is 0.860. The van der Waals surface area contributed by atoms with Crippen LogP contribution in [0.1, 0.15) is 27.1 Å². The SMILES string of the molecule is Nc1ccc(C(=O)N2CCCN(C(=O)c3ccsc3)CC2)cc1. The van der Waals surface area contributed by atoms with E-state index in [9.17, 15) is 9.59 Å². The van der Waals surface area contributed by atoms with Crippen molar-refractivity contribution in [1.82, 2.24) is 9.80 Å². The van der Waals surface area contributed by atoms with Gasteiger partial charge in [-0.3, -0.25) is 9.59 Å². The van der Waals surface area contributed by atoms with Gasteiger partial charge >= 0.3 is 0 Å². The number of benzene rings is 1. The molecule has 0 saturated carbocycles. The van der Waals surface area contributed by atoms with Gasteiger partial charge in [-0.1, -0.05) is 0 Å². The highest BCUT2D eigenvalue weighted by Gasteiger charge is 2.23. The van der Waals surface area contributed by atoms with Gasteiger partial charge in [-0.15, -0.1) is 0 Å². The van der Waals surface area contributed by atoms with Crippen molar-refractivity contribution < 1.29 is 9.59 Å². The maximum absolute atomic E-state index is 12.6. The summed E-state index contributed by atoms with van der Waals surface area (Å²) in [4.78, 5) is 28.6. The zero-order valence-corrected chi connectivity index (χ0v) is 13.6. The summed E-state index contributed by atoms with van der Waals surface area (Å²) in [6.07, 6.45) is 0.788. The fourth-order valence-corrected chi connectivity index (χ4v) is 3.33. The summed E-state index contributed by atoms with van der Waals surface area (Å²) in [5.41, 5.74) is 7.67. The van der Waals surface area contributed by atoms with Crippen molar-refractivity contribution in [2.24, 2.45) is 0 Å². The molecule has 0 atom stereocenters. The largest absolute Gasteiger partial charge is 0.399 e. The molecule has 120 valence electrons. The summed E-state index contributed by atoms with van der Waals surface area (Å²) in [6, 6.07) is 8.80. The number of carbonyl (C=O) groups is 2. The van der Waals surface area contributed by atoms with Crippen LogP contribution in [0.2, 0.25) is 0 Å². The number of rotatable bonds is 2. The lowest BCUT2D eigenvalue weighted by atomic mass is 10.2. The molecule has 0 radical (unpaired) electrons. The minimum atomic E-state index is -0.00478. The van der Waals surface area contributed by atoms with Gasteiger partial charge in [0.15, 0.2) is 0 Å². The first-order chi connectivity index (χ1) is 11.1. The van der Waals surface area contributed by atoms with Gasteiger partial charge in [-0.25, -0.2) is 0 Å². The normalized spacial score (nSPS) is 15.3. The lowest BCUT2D eigenvalue weighted by Crippen LogP contribution is -2.37. The van der Waals surface area contributed by atoms with E-state index in [2.05, 4.69) is 0 Å². The summed E-state index contributed by atoms with van der Waals surface area (Å²) in [5, 5.41) is 3.77. The van der Waals surface area contributed by atoms with Gasteiger partial charge in [0.05, 0.1) is 5.56 Å². The minimum Gasteiger partial charge on any atom is -0.399 e. The van der Waals surface area contributed by atoms with E-state index < -0.39 is 0 Å². The Bertz CT molecular complexity index is 682. The molecule has 1 aromatic heterocycles. The van der Waals surface area contributed by atoms with Crippen LogP contribution in [-0.2, 0) is 0 Å². The van der Waals surface area contributed by atoms with Gasteiger partial charge < -0.3 is 15.5 Å². The number of carbonyl (C=O) groups excluding carboxylic acids is 2. The third-order valence-electron chi connectivity index (χ3n) is 4.00. The number of hydrogen-bond donors (Lipinski definition) is 1. The van der Waals surface area contributed by atoms with Crippen LogP contribution in [0.4, 0.5) is 5.69 Å². The van der Waals surface area contributed by atoms with E-state index in [1.54, 1.807) is 24.3 Å². The van der Waals surface area contributed by atoms with E-state index in [4.69, 9.17) is 5.73 Å². The van der Waals surface area contributed by atoms with Gasteiger partial charge in [0.2, 0.25) is 0 Å². The molecule has 5 nitrogen and oxygen atoms in total. The third kappa shape index (κ3) is 3.53. The Morgan fingerprint density at radius 3 is 2.04 bits per heavy atom. The van der Waals surface area contributed by atoms with Crippen LogP contribution in [-0.4, -0.2) is 47.8 Å². The monoisotopic (exact) mass is 329 g/mol. The van der Waals surface area contributed by atoms with E-state index in [-0.39, 0.29) is 11.8 Å². The third-order valence-corrected chi connectivity index (χ3v) is 4.68. The molecular weight excluding hydrogens is 310 g/mol. The van der Waals surface area contributed by atoms with Crippen LogP contribution in [0.3, 0.4) is 0 Å². The first kappa shape index (κ1) is 15.6. The number of nitrogen functional groups attached to an aromatic ring is 1. The molecule has 3 rings (SSSR count). The Hall–Kier alpha value is -2.34. The first-order valence-electron chi connectivity index (χ1n) is 7.61. The van der Waals surface area contributed by atoms with E-state index in [1.165, 1.54) is 11.3 Å². The lowest BCUT2D eigenvalue weighted by molar-refractivity contribution is 0.0719. The van der Waals surface area contributed by atoms with Crippen LogP contribution in [0.15, 0.2) is 41.1 Å². The molecule has 0 unspecified atom stereocenters. The van der Waals surface area contributed by atoms with E-state index >= 15 is 0 Å². The number of anilines is 1. The highest BCUT2D eigenvalue weighted by Crippen LogP contribution is 2.14. The molecule has 1 aliphatic heterocycles. The Balaban J connectivity index is 1.65. The molecule has 0 spiro atoms. The summed E-state index contributed by atoms with van der Waals surface area (Å²) >= 11 is 1.52. The zero-order chi connectivity index (χ0) is 16.2. The Labute approximate surface area is 139 Å². The Kier molecular flexibility index (Phi) is 4.62. The second kappa shape index (κ2) is 6.83. The minimum absolute atomic E-state index is 0.00478. The molecule has 1 saturated heterocycles. The second-order valence-corrected chi connectivity index (χ2v) is 6.35. The predicted molar refractivity (Wildman–Crippen MR) is 91.6 cm³/mol. The van der Waals surface area contributed by atoms with Crippen LogP contribution in [0.25, 0.3) is 0 Å². The summed E-state index contributed by atoms with van der Waals surface area (Å²) in [5.74, 6) is 0.0443. The standard InChI is InChI=1S/C17H19N3O2S/c18-15-4-2-13(3-5-15)16(21)19-7-1-8-20(10-9-19)17(22)14-6-11-23-12-14/h2-6,11-12H,1,7-10,18H2. The molecule has 0 bridgehead atoms. The molecule has 23 heavy (non-hydrogen) atoms. The van der Waals surface area contributed by atoms with Crippen molar-refractivity contribution in [2.75, 3.05) is 31.9 Å². The highest BCUT2D eigenvalue weighted by atomic mass is 32.1. The molecular formula is C17H19N3O2S. The Morgan fingerprint density at radius 1 is 0.870 bits per heavy atom. The summed E-state index contributed by atoms with van der Waals surface area (Å²) in [6.45, 7) is 2.46. The average Bonchev–Trinajstić information content (AvgIpc) is 2.99. The van der Waals surface area contributed by atoms with Crippen molar-refractivity contribution in [2.45, 2.75) is 6.42 Å². The fourth-order valence-electron chi connectivity index (χ4n) is 2.70. The van der Waals surface area contributed by atoms with Gasteiger partial charge in [0.1, 0.15) is 0 Å². The van der Waals surface area contributed by atoms with E-state index in [0.29, 0.717) is 37.4 Å². The number of thiophene rings is 1. The van der Waals surface area contributed by atoms with Gasteiger partial charge in [-0.2, -0.15) is 11.3 Å². The van der Waals surface area contributed by atoms with Crippen molar-refractivity contribution in [3.8, 4) is 0 Å². The van der Waals surface area contributed by atoms with Crippen LogP contribution in [0.5, 0.6) is 0 Å². The number of nitrogens with two attached hydrogens (primary N) is 1. The topological polar surface area (TPSA) is 66.6 Å². The lowest BCUT2D eigenvalue weighted by Gasteiger charge is -2.22. The second-order valence-electron chi connectivity index (χ2n) is 5.57. The predicted octanol–water partition coefficient (Wildman–Crippen LogP) is 2.32. The Morgan fingerprint density at radius 2 is 1.48 bits per heavy atom. The summed E-state index contributed by atoms with van der Waals surface area (Å²) < 4.78 is 0. The van der Waals surface area contributed by atoms with Crippen LogP contribution < -0.4 is 5.73 Å². The molecule has 2 amide bonds. The number of hydrogen-bond acceptors (Lipinski definition) is 4. The maximum Gasteiger partial charge on any atom is 0.254 e. The number of amides is 2. The van der Waals surface area contributed by atoms with Crippen molar-refractivity contribution >= 4 is 28.8 Å². The molecule has 1 fully saturated rings. The zero-order valence-electron chi connectivity index (χ0n) is 12.8. The first-order valence-corrected chi connectivity index (χ1v) is 8.56. The summed E-state index contributed by atoms with van der Waals surface area (Å²) in [7, 11) is 0. The van der Waals surface area contributed by atoms with Crippen LogP contribution >= 0.6 is 11.3 Å². The fraction of sp³-hybridized carbons (Fsp3) is 0.294. The molecule has 2 aromatic rings. The van der Waals surface area contributed by atoms with Crippen molar-refractivity contribution in [3.05, 3.63) is 52.2 Å². The van der Waals surface area contributed by atoms with Gasteiger partial charge in [0.25, 0.3) is 11.8 Å². The van der Waals surface area contributed by atoms with E-state index in [0.717, 1.165) is 12.0 Å². The average molecular weight is 329 g/mol. The van der Waals surface area contributed by atoms with Crippen LogP contribution in [0, 0.1) is 0 Å². The van der Waals surface area contributed by atoms with Gasteiger partial charge in [0, 0.05) is 42.8 Å². The molecule has 1 aliphatic rings. The number of nitrogens with zero attached hydrogens (tertiary/aromatic N) is 2. The highest BCUT2D eigenvalue weighted by molar-refractivity contribution is 7.08. The molecule has 2 heterocycles. The van der Waals surface area contributed by atoms with Crippen molar-refractivity contribution in [3.63, 3.8) is 0 Å². The molecule has 6 heteroatoms. The maximum atomic E-state index is 12.6. The smallest absolute Gasteiger partial charge is 0.254 e. The van der Waals surface area contributed by atoms with E-state index in [1.807, 2.05) is 26.6 Å². The molecule has 2 N–H and O–H groups in total. The molecule has 1 aromatic carbocycles. The molecule has 0 aliphatic carbocycles.